The van der Waals surface area contributed by atoms with E-state index in [4.69, 9.17) is 28.6 Å². The van der Waals surface area contributed by atoms with Crippen molar-refractivity contribution in [1.82, 2.24) is 16.2 Å². The van der Waals surface area contributed by atoms with Crippen molar-refractivity contribution in [3.8, 4) is 5.75 Å². The summed E-state index contributed by atoms with van der Waals surface area (Å²) >= 11 is 11.0. The van der Waals surface area contributed by atoms with Gasteiger partial charge in [0.25, 0.3) is 5.91 Å². The van der Waals surface area contributed by atoms with E-state index >= 15 is 0 Å². The molecule has 0 radical (unpaired) electrons. The van der Waals surface area contributed by atoms with Crippen molar-refractivity contribution in [1.29, 1.82) is 0 Å². The molecule has 0 fully saturated rings. The lowest BCUT2D eigenvalue weighted by molar-refractivity contribution is -0.140. The zero-order valence-electron chi connectivity index (χ0n) is 14.2. The number of hydrogen-bond acceptors (Lipinski definition) is 5. The zero-order chi connectivity index (χ0) is 18.7. The van der Waals surface area contributed by atoms with Crippen LogP contribution in [-0.2, 0) is 9.53 Å². The van der Waals surface area contributed by atoms with Crippen LogP contribution in [0, 0.1) is 0 Å². The maximum atomic E-state index is 12.1. The van der Waals surface area contributed by atoms with Gasteiger partial charge >= 0.3 is 5.97 Å². The fourth-order valence-corrected chi connectivity index (χ4v) is 2.28. The van der Waals surface area contributed by atoms with Crippen molar-refractivity contribution >= 4 is 40.8 Å². The highest BCUT2D eigenvalue weighted by atomic mass is 35.5. The Morgan fingerprint density at radius 1 is 1.16 bits per heavy atom. The van der Waals surface area contributed by atoms with E-state index in [0.29, 0.717) is 34.4 Å². The Morgan fingerprint density at radius 2 is 1.92 bits per heavy atom. The molecule has 0 aromatic heterocycles. The lowest BCUT2D eigenvalue weighted by Crippen LogP contribution is -2.47. The van der Waals surface area contributed by atoms with Crippen LogP contribution in [-0.4, -0.2) is 37.8 Å². The lowest BCUT2D eigenvalue weighted by atomic mass is 10.2. The summed E-state index contributed by atoms with van der Waals surface area (Å²) < 4.78 is 9.69. The molecule has 0 aliphatic rings. The summed E-state index contributed by atoms with van der Waals surface area (Å²) in [7, 11) is 2.85. The first-order valence-corrected chi connectivity index (χ1v) is 8.51. The number of carbonyl (C=O) groups is 2. The van der Waals surface area contributed by atoms with Gasteiger partial charge in [0.2, 0.25) is 0 Å². The van der Waals surface area contributed by atoms with Crippen LogP contribution in [0.2, 0.25) is 5.02 Å². The molecule has 0 atom stereocenters. The molecule has 1 aromatic carbocycles. The summed E-state index contributed by atoms with van der Waals surface area (Å²) in [5.74, 6) is -0.209. The van der Waals surface area contributed by atoms with E-state index in [1.165, 1.54) is 20.3 Å². The second-order valence-electron chi connectivity index (χ2n) is 5.07. The number of esters is 1. The first kappa shape index (κ1) is 21.0. The predicted octanol–water partition coefficient (Wildman–Crippen LogP) is 2.19. The van der Waals surface area contributed by atoms with Crippen LogP contribution in [0.15, 0.2) is 18.2 Å². The Balaban J connectivity index is 2.27. The highest BCUT2D eigenvalue weighted by Gasteiger charge is 2.13. The lowest BCUT2D eigenvalue weighted by Gasteiger charge is -2.13. The van der Waals surface area contributed by atoms with Gasteiger partial charge < -0.3 is 14.8 Å². The van der Waals surface area contributed by atoms with Gasteiger partial charge in [-0.2, -0.15) is 0 Å². The molecule has 0 saturated heterocycles. The number of hydrogen-bond donors (Lipinski definition) is 3. The number of methoxy groups -OCH3 is 2. The van der Waals surface area contributed by atoms with Crippen LogP contribution in [0.5, 0.6) is 5.75 Å². The van der Waals surface area contributed by atoms with Crippen LogP contribution < -0.4 is 20.9 Å². The normalized spacial score (nSPS) is 9.88. The van der Waals surface area contributed by atoms with Crippen LogP contribution in [0.25, 0.3) is 0 Å². The molecule has 0 aliphatic heterocycles. The highest BCUT2D eigenvalue weighted by molar-refractivity contribution is 7.80. The molecule has 1 amide bonds. The van der Waals surface area contributed by atoms with E-state index in [9.17, 15) is 9.59 Å². The molecular formula is C16H22ClN3O4S. The maximum absolute atomic E-state index is 12.1. The number of unbranched alkanes of at least 4 members (excludes halogenated alkanes) is 2. The van der Waals surface area contributed by atoms with E-state index in [1.54, 1.807) is 12.1 Å². The summed E-state index contributed by atoms with van der Waals surface area (Å²) in [4.78, 5) is 23.1. The van der Waals surface area contributed by atoms with Crippen LogP contribution in [0.1, 0.15) is 36.0 Å². The third-order valence-corrected chi connectivity index (χ3v) is 3.75. The van der Waals surface area contributed by atoms with Crippen LogP contribution >= 0.6 is 23.8 Å². The molecule has 9 heteroatoms. The van der Waals surface area contributed by atoms with E-state index < -0.39 is 5.91 Å². The molecule has 0 aliphatic carbocycles. The molecule has 0 spiro atoms. The molecule has 0 bridgehead atoms. The van der Waals surface area contributed by atoms with Gasteiger partial charge in [0.1, 0.15) is 5.75 Å². The first-order valence-electron chi connectivity index (χ1n) is 7.72. The number of hydrazine groups is 1. The van der Waals surface area contributed by atoms with Crippen LogP contribution in [0.3, 0.4) is 0 Å². The minimum Gasteiger partial charge on any atom is -0.496 e. The summed E-state index contributed by atoms with van der Waals surface area (Å²) in [5.41, 5.74) is 5.40. The average molecular weight is 388 g/mol. The number of thiocarbonyl (C=S) groups is 1. The largest absolute Gasteiger partial charge is 0.496 e. The smallest absolute Gasteiger partial charge is 0.305 e. The van der Waals surface area contributed by atoms with Crippen LogP contribution in [0.4, 0.5) is 0 Å². The molecule has 1 rings (SSSR count). The quantitative estimate of drug-likeness (QED) is 0.273. The van der Waals surface area contributed by atoms with Crippen molar-refractivity contribution in [2.75, 3.05) is 20.8 Å². The van der Waals surface area contributed by atoms with Gasteiger partial charge in [-0.3, -0.25) is 20.4 Å². The van der Waals surface area contributed by atoms with E-state index in [2.05, 4.69) is 20.9 Å². The number of nitrogens with one attached hydrogen (secondary N) is 3. The number of amides is 1. The second-order valence-corrected chi connectivity index (χ2v) is 5.91. The van der Waals surface area contributed by atoms with Crippen molar-refractivity contribution in [2.24, 2.45) is 0 Å². The maximum Gasteiger partial charge on any atom is 0.305 e. The topological polar surface area (TPSA) is 88.7 Å². The monoisotopic (exact) mass is 387 g/mol. The SMILES string of the molecule is COC(=O)CCCCCNC(=S)NNC(=O)c1cc(Cl)ccc1OC. The summed E-state index contributed by atoms with van der Waals surface area (Å²) in [6.07, 6.45) is 2.89. The average Bonchev–Trinajstić information content (AvgIpc) is 2.62. The fraction of sp³-hybridized carbons (Fsp3) is 0.438. The number of benzene rings is 1. The number of halogens is 1. The summed E-state index contributed by atoms with van der Waals surface area (Å²) in [5, 5.41) is 3.69. The van der Waals surface area contributed by atoms with Crippen molar-refractivity contribution in [3.05, 3.63) is 28.8 Å². The standard InChI is InChI=1S/C16H22ClN3O4S/c1-23-13-8-7-11(17)10-12(13)15(22)19-20-16(25)18-9-5-3-4-6-14(21)24-2/h7-8,10H,3-6,9H2,1-2H3,(H,19,22)(H2,18,20,25). The summed E-state index contributed by atoms with van der Waals surface area (Å²) in [6, 6.07) is 4.76. The first-order chi connectivity index (χ1) is 12.0. The van der Waals surface area contributed by atoms with Gasteiger partial charge in [-0.05, 0) is 43.3 Å². The molecule has 25 heavy (non-hydrogen) atoms. The molecule has 0 heterocycles. The molecule has 7 nitrogen and oxygen atoms in total. The van der Waals surface area contributed by atoms with E-state index in [-0.39, 0.29) is 5.97 Å². The Labute approximate surface area is 157 Å². The predicted molar refractivity (Wildman–Crippen MR) is 99.7 cm³/mol. The minimum atomic E-state index is -0.415. The minimum absolute atomic E-state index is 0.204. The van der Waals surface area contributed by atoms with Crippen molar-refractivity contribution in [3.63, 3.8) is 0 Å². The van der Waals surface area contributed by atoms with Gasteiger partial charge in [-0.25, -0.2) is 0 Å². The Kier molecular flexibility index (Phi) is 9.64. The van der Waals surface area contributed by atoms with Gasteiger partial charge in [0, 0.05) is 18.0 Å². The van der Waals surface area contributed by atoms with Gasteiger partial charge in [0.05, 0.1) is 19.8 Å². The van der Waals surface area contributed by atoms with Gasteiger partial charge in [-0.15, -0.1) is 0 Å². The number of ether oxygens (including phenoxy) is 2. The summed E-state index contributed by atoms with van der Waals surface area (Å²) in [6.45, 7) is 0.628. The third-order valence-electron chi connectivity index (χ3n) is 3.27. The van der Waals surface area contributed by atoms with Crippen molar-refractivity contribution < 1.29 is 19.1 Å². The highest BCUT2D eigenvalue weighted by Crippen LogP contribution is 2.22. The van der Waals surface area contributed by atoms with Gasteiger partial charge in [-0.1, -0.05) is 18.0 Å². The van der Waals surface area contributed by atoms with E-state index in [0.717, 1.165) is 19.3 Å². The Morgan fingerprint density at radius 3 is 2.60 bits per heavy atom. The molecule has 1 aromatic rings. The molecular weight excluding hydrogens is 366 g/mol. The number of carbonyl (C=O) groups excluding carboxylic acids is 2. The van der Waals surface area contributed by atoms with E-state index in [1.807, 2.05) is 0 Å². The molecule has 0 saturated carbocycles. The molecule has 0 unspecified atom stereocenters. The number of rotatable bonds is 8. The van der Waals surface area contributed by atoms with Crippen molar-refractivity contribution in [2.45, 2.75) is 25.7 Å². The molecule has 138 valence electrons. The second kappa shape index (κ2) is 11.5. The molecule has 3 N–H and O–H groups in total. The zero-order valence-corrected chi connectivity index (χ0v) is 15.8. The van der Waals surface area contributed by atoms with Gasteiger partial charge in [0.15, 0.2) is 5.11 Å². The fourth-order valence-electron chi connectivity index (χ4n) is 1.96. The third kappa shape index (κ3) is 8.04. The Hall–Kier alpha value is -2.06. The Bertz CT molecular complexity index is 613.